The van der Waals surface area contributed by atoms with Crippen molar-refractivity contribution < 1.29 is 19.0 Å². The zero-order valence-electron chi connectivity index (χ0n) is 11.6. The molecule has 5 nitrogen and oxygen atoms in total. The molecule has 3 rings (SSSR count). The Hall–Kier alpha value is -0.650. The lowest BCUT2D eigenvalue weighted by atomic mass is 9.80. The molecule has 0 radical (unpaired) electrons. The van der Waals surface area contributed by atoms with Crippen molar-refractivity contribution in [2.75, 3.05) is 46.6 Å². The van der Waals surface area contributed by atoms with Gasteiger partial charge in [-0.3, -0.25) is 4.79 Å². The van der Waals surface area contributed by atoms with E-state index in [4.69, 9.17) is 14.2 Å². The van der Waals surface area contributed by atoms with Crippen LogP contribution in [0.25, 0.3) is 0 Å². The third kappa shape index (κ3) is 2.39. The molecular weight excluding hydrogens is 246 g/mol. The monoisotopic (exact) mass is 269 g/mol. The maximum absolute atomic E-state index is 12.4. The van der Waals surface area contributed by atoms with Gasteiger partial charge >= 0.3 is 0 Å². The van der Waals surface area contributed by atoms with E-state index < -0.39 is 0 Å². The molecule has 0 aromatic heterocycles. The first-order chi connectivity index (χ1) is 9.25. The molecule has 0 saturated carbocycles. The Kier molecular flexibility index (Phi) is 3.78. The van der Waals surface area contributed by atoms with Crippen LogP contribution < -0.4 is 0 Å². The zero-order valence-corrected chi connectivity index (χ0v) is 11.6. The SMILES string of the molecule is COC[C@@H]1CCOC12CN(C(=O)C1CCOCC1)C2. The summed E-state index contributed by atoms with van der Waals surface area (Å²) >= 11 is 0. The summed E-state index contributed by atoms with van der Waals surface area (Å²) in [5, 5.41) is 0. The Morgan fingerprint density at radius 3 is 2.68 bits per heavy atom. The highest BCUT2D eigenvalue weighted by molar-refractivity contribution is 5.80. The molecule has 0 aromatic rings. The first kappa shape index (κ1) is 13.3. The number of carbonyl (C=O) groups is 1. The molecule has 3 fully saturated rings. The fourth-order valence-electron chi connectivity index (χ4n) is 3.53. The molecule has 3 aliphatic heterocycles. The van der Waals surface area contributed by atoms with Gasteiger partial charge in [0.05, 0.1) is 19.7 Å². The van der Waals surface area contributed by atoms with Gasteiger partial charge in [0.2, 0.25) is 5.91 Å². The van der Waals surface area contributed by atoms with Crippen LogP contribution in [0.3, 0.4) is 0 Å². The third-order valence-electron chi connectivity index (χ3n) is 4.77. The van der Waals surface area contributed by atoms with Crippen LogP contribution in [0.5, 0.6) is 0 Å². The molecule has 5 heteroatoms. The number of amides is 1. The lowest BCUT2D eigenvalue weighted by Crippen LogP contribution is -2.67. The normalized spacial score (nSPS) is 30.6. The van der Waals surface area contributed by atoms with Gasteiger partial charge in [0.15, 0.2) is 0 Å². The van der Waals surface area contributed by atoms with Crippen molar-refractivity contribution in [1.82, 2.24) is 4.90 Å². The summed E-state index contributed by atoms with van der Waals surface area (Å²) in [4.78, 5) is 14.3. The molecule has 0 aromatic carbocycles. The van der Waals surface area contributed by atoms with Crippen LogP contribution in [-0.4, -0.2) is 63.0 Å². The lowest BCUT2D eigenvalue weighted by molar-refractivity contribution is -0.173. The Morgan fingerprint density at radius 2 is 2.00 bits per heavy atom. The molecule has 108 valence electrons. The topological polar surface area (TPSA) is 48.0 Å². The second kappa shape index (κ2) is 5.38. The van der Waals surface area contributed by atoms with Gasteiger partial charge in [-0.25, -0.2) is 0 Å². The van der Waals surface area contributed by atoms with E-state index in [9.17, 15) is 4.79 Å². The highest BCUT2D eigenvalue weighted by Crippen LogP contribution is 2.41. The number of rotatable bonds is 3. The number of hydrogen-bond donors (Lipinski definition) is 0. The van der Waals surface area contributed by atoms with E-state index in [1.807, 2.05) is 4.90 Å². The largest absolute Gasteiger partial charge is 0.384 e. The number of carbonyl (C=O) groups excluding carboxylic acids is 1. The van der Waals surface area contributed by atoms with E-state index in [2.05, 4.69) is 0 Å². The molecule has 1 amide bonds. The smallest absolute Gasteiger partial charge is 0.226 e. The summed E-state index contributed by atoms with van der Waals surface area (Å²) in [5.41, 5.74) is -0.114. The first-order valence-electron chi connectivity index (χ1n) is 7.24. The van der Waals surface area contributed by atoms with Crippen molar-refractivity contribution in [2.24, 2.45) is 11.8 Å². The van der Waals surface area contributed by atoms with Crippen LogP contribution in [-0.2, 0) is 19.0 Å². The maximum atomic E-state index is 12.4. The average Bonchev–Trinajstić information content (AvgIpc) is 2.81. The second-order valence-corrected chi connectivity index (χ2v) is 5.94. The van der Waals surface area contributed by atoms with Crippen molar-refractivity contribution in [1.29, 1.82) is 0 Å². The minimum absolute atomic E-state index is 0.114. The van der Waals surface area contributed by atoms with E-state index in [0.29, 0.717) is 11.8 Å². The second-order valence-electron chi connectivity index (χ2n) is 5.94. The van der Waals surface area contributed by atoms with Crippen LogP contribution in [0, 0.1) is 11.8 Å². The highest BCUT2D eigenvalue weighted by Gasteiger charge is 2.54. The quantitative estimate of drug-likeness (QED) is 0.756. The summed E-state index contributed by atoms with van der Waals surface area (Å²) in [7, 11) is 1.73. The standard InChI is InChI=1S/C14H23NO4/c1-17-8-12-4-7-19-14(12)9-15(10-14)13(16)11-2-5-18-6-3-11/h11-12H,2-10H2,1H3/t12-/m0/s1. The van der Waals surface area contributed by atoms with Crippen molar-refractivity contribution in [3.8, 4) is 0 Å². The summed E-state index contributed by atoms with van der Waals surface area (Å²) in [6.45, 7) is 4.47. The Labute approximate surface area is 114 Å². The minimum atomic E-state index is -0.114. The summed E-state index contributed by atoms with van der Waals surface area (Å²) in [5.74, 6) is 0.894. The van der Waals surface area contributed by atoms with E-state index in [-0.39, 0.29) is 11.5 Å². The molecule has 19 heavy (non-hydrogen) atoms. The number of nitrogens with zero attached hydrogens (tertiary/aromatic N) is 1. The maximum Gasteiger partial charge on any atom is 0.226 e. The molecule has 3 heterocycles. The molecule has 0 bridgehead atoms. The fraction of sp³-hybridized carbons (Fsp3) is 0.929. The average molecular weight is 269 g/mol. The van der Waals surface area contributed by atoms with Gasteiger partial charge in [-0.05, 0) is 19.3 Å². The fourth-order valence-corrected chi connectivity index (χ4v) is 3.53. The molecule has 0 unspecified atom stereocenters. The number of likely N-dealkylation sites (tertiary alicyclic amines) is 1. The Morgan fingerprint density at radius 1 is 1.26 bits per heavy atom. The summed E-state index contributed by atoms with van der Waals surface area (Å²) < 4.78 is 16.5. The Bertz CT molecular complexity index is 334. The number of ether oxygens (including phenoxy) is 3. The van der Waals surface area contributed by atoms with Gasteiger partial charge in [0, 0.05) is 38.8 Å². The van der Waals surface area contributed by atoms with Crippen LogP contribution >= 0.6 is 0 Å². The predicted molar refractivity (Wildman–Crippen MR) is 68.8 cm³/mol. The van der Waals surface area contributed by atoms with Crippen molar-refractivity contribution >= 4 is 5.91 Å². The van der Waals surface area contributed by atoms with E-state index in [0.717, 1.165) is 58.8 Å². The van der Waals surface area contributed by atoms with E-state index >= 15 is 0 Å². The molecule has 0 N–H and O–H groups in total. The molecule has 3 saturated heterocycles. The van der Waals surface area contributed by atoms with Gasteiger partial charge in [0.1, 0.15) is 5.60 Å². The minimum Gasteiger partial charge on any atom is -0.384 e. The van der Waals surface area contributed by atoms with Crippen molar-refractivity contribution in [3.05, 3.63) is 0 Å². The van der Waals surface area contributed by atoms with Gasteiger partial charge in [0.25, 0.3) is 0 Å². The third-order valence-corrected chi connectivity index (χ3v) is 4.77. The van der Waals surface area contributed by atoms with Gasteiger partial charge in [-0.1, -0.05) is 0 Å². The molecule has 0 aliphatic carbocycles. The van der Waals surface area contributed by atoms with E-state index in [1.54, 1.807) is 7.11 Å². The Balaban J connectivity index is 1.55. The number of methoxy groups -OCH3 is 1. The van der Waals surface area contributed by atoms with Crippen LogP contribution in [0.1, 0.15) is 19.3 Å². The van der Waals surface area contributed by atoms with Crippen LogP contribution in [0.15, 0.2) is 0 Å². The van der Waals surface area contributed by atoms with Gasteiger partial charge in [-0.2, -0.15) is 0 Å². The van der Waals surface area contributed by atoms with Gasteiger partial charge < -0.3 is 19.1 Å². The summed E-state index contributed by atoms with van der Waals surface area (Å²) in [6, 6.07) is 0. The molecule has 1 atom stereocenters. The lowest BCUT2D eigenvalue weighted by Gasteiger charge is -2.51. The zero-order chi connectivity index (χ0) is 13.3. The molecular formula is C14H23NO4. The number of hydrogen-bond acceptors (Lipinski definition) is 4. The molecule has 3 aliphatic rings. The molecule has 1 spiro atoms. The predicted octanol–water partition coefficient (Wildman–Crippen LogP) is 0.677. The van der Waals surface area contributed by atoms with Crippen molar-refractivity contribution in [2.45, 2.75) is 24.9 Å². The van der Waals surface area contributed by atoms with E-state index in [1.165, 1.54) is 0 Å². The van der Waals surface area contributed by atoms with Crippen LogP contribution in [0.4, 0.5) is 0 Å². The summed E-state index contributed by atoms with van der Waals surface area (Å²) in [6.07, 6.45) is 2.78. The highest BCUT2D eigenvalue weighted by atomic mass is 16.5. The first-order valence-corrected chi connectivity index (χ1v) is 7.24. The van der Waals surface area contributed by atoms with Crippen LogP contribution in [0.2, 0.25) is 0 Å². The van der Waals surface area contributed by atoms with Crippen molar-refractivity contribution in [3.63, 3.8) is 0 Å². The van der Waals surface area contributed by atoms with Gasteiger partial charge in [-0.15, -0.1) is 0 Å².